The molecule has 4 atom stereocenters. The molecule has 0 spiro atoms. The van der Waals surface area contributed by atoms with Crippen LogP contribution in [0.15, 0.2) is 0 Å². The lowest BCUT2D eigenvalue weighted by Gasteiger charge is -2.15. The van der Waals surface area contributed by atoms with Gasteiger partial charge in [-0.3, -0.25) is 4.79 Å². The fourth-order valence-corrected chi connectivity index (χ4v) is 2.77. The van der Waals surface area contributed by atoms with Crippen LogP contribution in [-0.2, 0) is 4.79 Å². The Labute approximate surface area is 65.6 Å². The zero-order valence-corrected chi connectivity index (χ0v) is 6.36. The highest BCUT2D eigenvalue weighted by Gasteiger charge is 2.50. The van der Waals surface area contributed by atoms with Crippen LogP contribution >= 0.6 is 0 Å². The second-order valence-electron chi connectivity index (χ2n) is 3.76. The van der Waals surface area contributed by atoms with Crippen LogP contribution in [-0.4, -0.2) is 17.1 Å². The van der Waals surface area contributed by atoms with Gasteiger partial charge in [0.15, 0.2) is 0 Å². The number of nitrogens with two attached hydrogens (primary N) is 1. The zero-order valence-electron chi connectivity index (χ0n) is 6.36. The van der Waals surface area contributed by atoms with Crippen LogP contribution in [0, 0.1) is 17.8 Å². The standard InChI is InChI=1S/C8H13NO2/c9-6-3-4-1-2-5(6)7(4)8(10)11/h4-7H,1-3,9H2,(H,10,11)/t4-,5-,6+,7-/m1/s1. The van der Waals surface area contributed by atoms with Crippen LogP contribution in [0.25, 0.3) is 0 Å². The molecule has 0 heterocycles. The van der Waals surface area contributed by atoms with Gasteiger partial charge in [0.05, 0.1) is 5.92 Å². The molecule has 2 aliphatic rings. The highest BCUT2D eigenvalue weighted by atomic mass is 16.4. The van der Waals surface area contributed by atoms with Gasteiger partial charge in [-0.05, 0) is 31.1 Å². The van der Waals surface area contributed by atoms with Gasteiger partial charge in [0.25, 0.3) is 0 Å². The fraction of sp³-hybridized carbons (Fsp3) is 0.875. The molecule has 3 N–H and O–H groups in total. The Morgan fingerprint density at radius 3 is 2.45 bits per heavy atom. The average Bonchev–Trinajstić information content (AvgIpc) is 2.41. The van der Waals surface area contributed by atoms with E-state index >= 15 is 0 Å². The van der Waals surface area contributed by atoms with E-state index in [9.17, 15) is 4.79 Å². The molecule has 2 bridgehead atoms. The third-order valence-corrected chi connectivity index (χ3v) is 3.25. The van der Waals surface area contributed by atoms with Crippen LogP contribution in [0.5, 0.6) is 0 Å². The van der Waals surface area contributed by atoms with Gasteiger partial charge in [-0.15, -0.1) is 0 Å². The molecule has 0 unspecified atom stereocenters. The fourth-order valence-electron chi connectivity index (χ4n) is 2.77. The summed E-state index contributed by atoms with van der Waals surface area (Å²) in [6, 6.07) is 0.162. The molecule has 62 valence electrons. The summed E-state index contributed by atoms with van der Waals surface area (Å²) < 4.78 is 0. The van der Waals surface area contributed by atoms with Gasteiger partial charge < -0.3 is 10.8 Å². The maximum Gasteiger partial charge on any atom is 0.307 e. The van der Waals surface area contributed by atoms with Gasteiger partial charge in [-0.1, -0.05) is 0 Å². The molecule has 2 fully saturated rings. The monoisotopic (exact) mass is 155 g/mol. The van der Waals surface area contributed by atoms with E-state index in [1.807, 2.05) is 0 Å². The van der Waals surface area contributed by atoms with E-state index in [0.29, 0.717) is 5.92 Å². The number of carboxylic acid groups (broad SMARTS) is 1. The average molecular weight is 155 g/mol. The first-order valence-electron chi connectivity index (χ1n) is 4.18. The molecule has 0 aromatic carbocycles. The predicted octanol–water partition coefficient (Wildman–Crippen LogP) is 0.444. The minimum atomic E-state index is -0.634. The van der Waals surface area contributed by atoms with E-state index < -0.39 is 5.97 Å². The maximum atomic E-state index is 10.8. The molecule has 0 aliphatic heterocycles. The first-order valence-corrected chi connectivity index (χ1v) is 4.18. The molecular weight excluding hydrogens is 142 g/mol. The number of fused-ring (bicyclic) bond motifs is 2. The van der Waals surface area contributed by atoms with Gasteiger partial charge in [0.1, 0.15) is 0 Å². The molecule has 2 saturated carbocycles. The molecule has 0 saturated heterocycles. The quantitative estimate of drug-likeness (QED) is 0.577. The molecule has 2 aliphatic carbocycles. The Balaban J connectivity index is 2.19. The van der Waals surface area contributed by atoms with Crippen molar-refractivity contribution in [1.29, 1.82) is 0 Å². The second-order valence-corrected chi connectivity index (χ2v) is 3.76. The van der Waals surface area contributed by atoms with Crippen LogP contribution in [0.2, 0.25) is 0 Å². The van der Waals surface area contributed by atoms with Gasteiger partial charge in [0.2, 0.25) is 0 Å². The molecular formula is C8H13NO2. The number of carboxylic acids is 1. The minimum Gasteiger partial charge on any atom is -0.481 e. The topological polar surface area (TPSA) is 63.3 Å². The largest absolute Gasteiger partial charge is 0.481 e. The number of rotatable bonds is 1. The summed E-state index contributed by atoms with van der Waals surface area (Å²) in [6.45, 7) is 0. The second kappa shape index (κ2) is 2.21. The van der Waals surface area contributed by atoms with Crippen molar-refractivity contribution in [3.05, 3.63) is 0 Å². The molecule has 0 amide bonds. The van der Waals surface area contributed by atoms with E-state index in [0.717, 1.165) is 19.3 Å². The van der Waals surface area contributed by atoms with Crippen LogP contribution < -0.4 is 5.73 Å². The van der Waals surface area contributed by atoms with Crippen LogP contribution in [0.1, 0.15) is 19.3 Å². The van der Waals surface area contributed by atoms with Crippen molar-refractivity contribution in [2.45, 2.75) is 25.3 Å². The highest BCUT2D eigenvalue weighted by Crippen LogP contribution is 2.48. The number of hydrogen-bond acceptors (Lipinski definition) is 2. The van der Waals surface area contributed by atoms with Gasteiger partial charge in [-0.25, -0.2) is 0 Å². The maximum absolute atomic E-state index is 10.8. The smallest absolute Gasteiger partial charge is 0.307 e. The zero-order chi connectivity index (χ0) is 8.01. The van der Waals surface area contributed by atoms with Crippen molar-refractivity contribution >= 4 is 5.97 Å². The highest BCUT2D eigenvalue weighted by molar-refractivity contribution is 5.72. The van der Waals surface area contributed by atoms with Gasteiger partial charge in [-0.2, -0.15) is 0 Å². The van der Waals surface area contributed by atoms with Crippen molar-refractivity contribution in [2.75, 3.05) is 0 Å². The third kappa shape index (κ3) is 0.872. The summed E-state index contributed by atoms with van der Waals surface area (Å²) in [7, 11) is 0. The molecule has 0 aromatic heterocycles. The minimum absolute atomic E-state index is 0.120. The summed E-state index contributed by atoms with van der Waals surface area (Å²) in [5.41, 5.74) is 5.78. The Kier molecular flexibility index (Phi) is 1.42. The van der Waals surface area contributed by atoms with Gasteiger partial charge >= 0.3 is 5.97 Å². The van der Waals surface area contributed by atoms with Crippen molar-refractivity contribution in [1.82, 2.24) is 0 Å². The molecule has 3 heteroatoms. The van der Waals surface area contributed by atoms with Crippen molar-refractivity contribution in [2.24, 2.45) is 23.5 Å². The lowest BCUT2D eigenvalue weighted by Crippen LogP contribution is -2.29. The first-order chi connectivity index (χ1) is 5.20. The Hall–Kier alpha value is -0.570. The molecule has 11 heavy (non-hydrogen) atoms. The lowest BCUT2D eigenvalue weighted by atomic mass is 9.95. The van der Waals surface area contributed by atoms with E-state index in [1.165, 1.54) is 0 Å². The Morgan fingerprint density at radius 1 is 1.45 bits per heavy atom. The third-order valence-electron chi connectivity index (χ3n) is 3.25. The van der Waals surface area contributed by atoms with E-state index in [1.54, 1.807) is 0 Å². The van der Waals surface area contributed by atoms with Crippen LogP contribution in [0.4, 0.5) is 0 Å². The Bertz CT molecular complexity index is 193. The first kappa shape index (κ1) is 7.10. The Morgan fingerprint density at radius 2 is 2.18 bits per heavy atom. The van der Waals surface area contributed by atoms with Gasteiger partial charge in [0, 0.05) is 6.04 Å². The predicted molar refractivity (Wildman–Crippen MR) is 39.9 cm³/mol. The van der Waals surface area contributed by atoms with Crippen LogP contribution in [0.3, 0.4) is 0 Å². The summed E-state index contributed by atoms with van der Waals surface area (Å²) in [4.78, 5) is 10.8. The number of aliphatic carboxylic acids is 1. The molecule has 3 nitrogen and oxygen atoms in total. The van der Waals surface area contributed by atoms with Crippen molar-refractivity contribution in [3.63, 3.8) is 0 Å². The molecule has 0 aromatic rings. The normalized spacial score (nSPS) is 48.1. The lowest BCUT2D eigenvalue weighted by molar-refractivity contribution is -0.143. The molecule has 2 rings (SSSR count). The van der Waals surface area contributed by atoms with Crippen molar-refractivity contribution < 1.29 is 9.90 Å². The summed E-state index contributed by atoms with van der Waals surface area (Å²) >= 11 is 0. The van der Waals surface area contributed by atoms with Crippen molar-refractivity contribution in [3.8, 4) is 0 Å². The summed E-state index contributed by atoms with van der Waals surface area (Å²) in [6.07, 6.45) is 3.04. The summed E-state index contributed by atoms with van der Waals surface area (Å²) in [5.74, 6) is -0.0968. The summed E-state index contributed by atoms with van der Waals surface area (Å²) in [5, 5.41) is 8.86. The SMILES string of the molecule is N[C@H]1C[C@H]2CC[C@H]1[C@@H]2C(=O)O. The molecule has 0 radical (unpaired) electrons. The number of carbonyl (C=O) groups is 1. The van der Waals surface area contributed by atoms with E-state index in [2.05, 4.69) is 0 Å². The number of hydrogen-bond donors (Lipinski definition) is 2. The van der Waals surface area contributed by atoms with E-state index in [4.69, 9.17) is 10.8 Å². The van der Waals surface area contributed by atoms with E-state index in [-0.39, 0.29) is 17.9 Å².